The monoisotopic (exact) mass is 530 g/mol. The minimum absolute atomic E-state index is 0.109. The molecule has 0 saturated carbocycles. The molecule has 1 fully saturated rings. The van der Waals surface area contributed by atoms with Gasteiger partial charge in [-0.15, -0.1) is 0 Å². The average Bonchev–Trinajstić information content (AvgIpc) is 2.93. The van der Waals surface area contributed by atoms with Crippen LogP contribution in [0.3, 0.4) is 0 Å². The van der Waals surface area contributed by atoms with Gasteiger partial charge in [0.25, 0.3) is 5.91 Å². The number of alkyl halides is 3. The van der Waals surface area contributed by atoms with Crippen LogP contribution in [0.1, 0.15) is 32.6 Å². The number of pyridine rings is 1. The van der Waals surface area contributed by atoms with Gasteiger partial charge in [-0.1, -0.05) is 48.6 Å². The first-order valence-corrected chi connectivity index (χ1v) is 12.8. The van der Waals surface area contributed by atoms with Crippen LogP contribution in [0.2, 0.25) is 0 Å². The Morgan fingerprint density at radius 2 is 1.69 bits per heavy atom. The Kier molecular flexibility index (Phi) is 7.77. The van der Waals surface area contributed by atoms with E-state index in [0.29, 0.717) is 18.7 Å². The maximum atomic E-state index is 13.9. The Balaban J connectivity index is 1.30. The molecular formula is C31H29F3N4O. The van der Waals surface area contributed by atoms with Gasteiger partial charge in [0.2, 0.25) is 0 Å². The van der Waals surface area contributed by atoms with Crippen molar-refractivity contribution in [1.29, 1.82) is 0 Å². The van der Waals surface area contributed by atoms with Gasteiger partial charge in [-0.3, -0.25) is 14.7 Å². The van der Waals surface area contributed by atoms with Crippen LogP contribution in [-0.4, -0.2) is 53.9 Å². The zero-order chi connectivity index (χ0) is 27.4. The number of aromatic nitrogens is 1. The quantitative estimate of drug-likeness (QED) is 0.312. The summed E-state index contributed by atoms with van der Waals surface area (Å²) in [5, 5.41) is 3.66. The van der Waals surface area contributed by atoms with Crippen molar-refractivity contribution in [2.75, 3.05) is 38.5 Å². The van der Waals surface area contributed by atoms with Crippen LogP contribution in [0, 0.1) is 0 Å². The third-order valence-corrected chi connectivity index (χ3v) is 6.89. The molecule has 0 aliphatic carbocycles. The number of fused-ring (bicyclic) bond motifs is 1. The van der Waals surface area contributed by atoms with E-state index in [9.17, 15) is 18.0 Å². The average molecular weight is 531 g/mol. The third-order valence-electron chi connectivity index (χ3n) is 6.89. The van der Waals surface area contributed by atoms with Crippen molar-refractivity contribution in [2.24, 2.45) is 0 Å². The first-order chi connectivity index (χ1) is 18.7. The van der Waals surface area contributed by atoms with Crippen molar-refractivity contribution < 1.29 is 18.0 Å². The van der Waals surface area contributed by atoms with Crippen LogP contribution in [0.25, 0.3) is 23.1 Å². The van der Waals surface area contributed by atoms with Crippen molar-refractivity contribution in [2.45, 2.75) is 12.7 Å². The minimum Gasteiger partial charge on any atom is -0.322 e. The molecule has 39 heavy (non-hydrogen) atoms. The fourth-order valence-electron chi connectivity index (χ4n) is 4.66. The molecule has 0 atom stereocenters. The van der Waals surface area contributed by atoms with Crippen molar-refractivity contribution in [3.63, 3.8) is 0 Å². The zero-order valence-corrected chi connectivity index (χ0v) is 21.6. The van der Waals surface area contributed by atoms with Gasteiger partial charge >= 0.3 is 6.18 Å². The number of hydrogen-bond acceptors (Lipinski definition) is 4. The van der Waals surface area contributed by atoms with E-state index in [2.05, 4.69) is 15.2 Å². The number of piperazine rings is 1. The second kappa shape index (κ2) is 11.4. The van der Waals surface area contributed by atoms with Gasteiger partial charge in [-0.25, -0.2) is 0 Å². The number of para-hydroxylation sites is 1. The Hall–Kier alpha value is -4.01. The normalized spacial score (nSPS) is 15.2. The number of benzene rings is 3. The fourth-order valence-corrected chi connectivity index (χ4v) is 4.66. The predicted molar refractivity (Wildman–Crippen MR) is 149 cm³/mol. The Bertz CT molecular complexity index is 1510. The second-order valence-electron chi connectivity index (χ2n) is 9.82. The molecule has 0 spiro atoms. The van der Waals surface area contributed by atoms with Gasteiger partial charge in [0.1, 0.15) is 0 Å². The first-order valence-electron chi connectivity index (χ1n) is 12.8. The number of halogens is 3. The van der Waals surface area contributed by atoms with Crippen LogP contribution in [0.5, 0.6) is 0 Å². The lowest BCUT2D eigenvalue weighted by Gasteiger charge is -2.33. The molecule has 1 N–H and O–H groups in total. The Morgan fingerprint density at radius 1 is 0.923 bits per heavy atom. The van der Waals surface area contributed by atoms with Crippen LogP contribution >= 0.6 is 0 Å². The minimum atomic E-state index is -4.52. The highest BCUT2D eigenvalue weighted by Gasteiger charge is 2.34. The lowest BCUT2D eigenvalue weighted by atomic mass is 10.0. The molecule has 5 rings (SSSR count). The maximum absolute atomic E-state index is 13.9. The van der Waals surface area contributed by atoms with E-state index in [1.54, 1.807) is 24.4 Å². The van der Waals surface area contributed by atoms with Crippen LogP contribution < -0.4 is 5.32 Å². The fraction of sp³-hybridized carbons (Fsp3) is 0.226. The maximum Gasteiger partial charge on any atom is 0.416 e. The number of hydrogen-bond donors (Lipinski definition) is 1. The van der Waals surface area contributed by atoms with Crippen LogP contribution in [-0.2, 0) is 12.7 Å². The number of anilines is 1. The van der Waals surface area contributed by atoms with Crippen LogP contribution in [0.4, 0.5) is 18.9 Å². The van der Waals surface area contributed by atoms with E-state index >= 15 is 0 Å². The summed E-state index contributed by atoms with van der Waals surface area (Å²) >= 11 is 0. The molecule has 1 aliphatic heterocycles. The molecule has 1 aromatic heterocycles. The summed E-state index contributed by atoms with van der Waals surface area (Å²) in [6.45, 7) is 3.30. The molecule has 8 heteroatoms. The van der Waals surface area contributed by atoms with Gasteiger partial charge in [-0.2, -0.15) is 13.2 Å². The molecule has 1 aliphatic rings. The van der Waals surface area contributed by atoms with E-state index in [-0.39, 0.29) is 17.8 Å². The van der Waals surface area contributed by atoms with Gasteiger partial charge in [-0.05, 0) is 60.1 Å². The standard InChI is InChI=1S/C31H29F3N4O/c1-37-13-15-38(16-14-37)21-26-11-12-27(19-28(26)31(32,33)34)36-30(39)25-7-4-5-22(17-25)9-10-23-18-24-6-2-3-8-29(24)35-20-23/h2-12,17-20H,13-16,21H2,1H3,(H,36,39)/b10-9-. The van der Waals surface area contributed by atoms with Crippen molar-refractivity contribution >= 4 is 34.6 Å². The van der Waals surface area contributed by atoms with Crippen LogP contribution in [0.15, 0.2) is 79.0 Å². The summed E-state index contributed by atoms with van der Waals surface area (Å²) < 4.78 is 41.8. The van der Waals surface area contributed by atoms with Gasteiger partial charge < -0.3 is 10.2 Å². The van der Waals surface area contributed by atoms with Crippen molar-refractivity contribution in [3.05, 3.63) is 107 Å². The predicted octanol–water partition coefficient (Wildman–Crippen LogP) is 6.42. The summed E-state index contributed by atoms with van der Waals surface area (Å²) in [4.78, 5) is 21.6. The zero-order valence-electron chi connectivity index (χ0n) is 21.6. The summed E-state index contributed by atoms with van der Waals surface area (Å²) in [6, 6.07) is 20.8. The van der Waals surface area contributed by atoms with E-state index in [1.807, 2.05) is 60.5 Å². The highest BCUT2D eigenvalue weighted by Crippen LogP contribution is 2.34. The molecule has 1 saturated heterocycles. The number of carbonyl (C=O) groups excluding carboxylic acids is 1. The van der Waals surface area contributed by atoms with Gasteiger partial charge in [0, 0.05) is 55.6 Å². The summed E-state index contributed by atoms with van der Waals surface area (Å²) in [5.74, 6) is -0.474. The molecule has 1 amide bonds. The summed E-state index contributed by atoms with van der Waals surface area (Å²) in [5.41, 5.74) is 2.56. The van der Waals surface area contributed by atoms with Crippen molar-refractivity contribution in [3.8, 4) is 0 Å². The van der Waals surface area contributed by atoms with E-state index < -0.39 is 17.6 Å². The molecule has 3 aromatic carbocycles. The van der Waals surface area contributed by atoms with Crippen molar-refractivity contribution in [1.82, 2.24) is 14.8 Å². The molecule has 2 heterocycles. The SMILES string of the molecule is CN1CCN(Cc2ccc(NC(=O)c3cccc(/C=C\c4cnc5ccccc5c4)c3)cc2C(F)(F)F)CC1. The second-order valence-corrected chi connectivity index (χ2v) is 9.82. The summed E-state index contributed by atoms with van der Waals surface area (Å²) in [7, 11) is 2.00. The van der Waals surface area contributed by atoms with E-state index in [4.69, 9.17) is 0 Å². The van der Waals surface area contributed by atoms with Gasteiger partial charge in [0.15, 0.2) is 0 Å². The topological polar surface area (TPSA) is 48.5 Å². The first kappa shape index (κ1) is 26.6. The number of amides is 1. The number of likely N-dealkylation sites (N-methyl/N-ethyl adjacent to an activating group) is 1. The number of nitrogens with one attached hydrogen (secondary N) is 1. The Morgan fingerprint density at radius 3 is 2.49 bits per heavy atom. The molecule has 0 radical (unpaired) electrons. The smallest absolute Gasteiger partial charge is 0.322 e. The lowest BCUT2D eigenvalue weighted by molar-refractivity contribution is -0.138. The molecule has 0 unspecified atom stereocenters. The highest BCUT2D eigenvalue weighted by molar-refractivity contribution is 6.04. The van der Waals surface area contributed by atoms with E-state index in [1.165, 1.54) is 12.1 Å². The summed E-state index contributed by atoms with van der Waals surface area (Å²) in [6.07, 6.45) is 1.04. The van der Waals surface area contributed by atoms with E-state index in [0.717, 1.165) is 41.2 Å². The number of nitrogens with zero attached hydrogens (tertiary/aromatic N) is 3. The lowest BCUT2D eigenvalue weighted by Crippen LogP contribution is -2.44. The number of carbonyl (C=O) groups is 1. The van der Waals surface area contributed by atoms with Gasteiger partial charge in [0.05, 0.1) is 11.1 Å². The third kappa shape index (κ3) is 6.71. The highest BCUT2D eigenvalue weighted by atomic mass is 19.4. The molecule has 200 valence electrons. The molecule has 4 aromatic rings. The molecular weight excluding hydrogens is 501 g/mol. The molecule has 0 bridgehead atoms. The largest absolute Gasteiger partial charge is 0.416 e. The number of rotatable bonds is 6. The Labute approximate surface area is 225 Å². The molecule has 5 nitrogen and oxygen atoms in total.